The van der Waals surface area contributed by atoms with E-state index in [4.69, 9.17) is 11.6 Å². The maximum atomic E-state index is 12.6. The lowest BCUT2D eigenvalue weighted by molar-refractivity contribution is 0.0912. The van der Waals surface area contributed by atoms with Gasteiger partial charge in [-0.2, -0.15) is 0 Å². The largest absolute Gasteiger partial charge is 0.349 e. The molecule has 1 aromatic carbocycles. The molecule has 27 heavy (non-hydrogen) atoms. The third kappa shape index (κ3) is 5.00. The lowest BCUT2D eigenvalue weighted by Crippen LogP contribution is -2.43. The molecular formula is C19H27Cl2N5O. The van der Waals surface area contributed by atoms with E-state index in [0.717, 1.165) is 37.4 Å². The molecule has 1 saturated heterocycles. The van der Waals surface area contributed by atoms with Gasteiger partial charge in [-0.1, -0.05) is 44.5 Å². The average Bonchev–Trinajstić information content (AvgIpc) is 3.06. The zero-order valence-corrected chi connectivity index (χ0v) is 17.5. The molecule has 148 valence electrons. The topological polar surface area (TPSA) is 71.8 Å². The van der Waals surface area contributed by atoms with Crippen LogP contribution in [0.4, 0.5) is 0 Å². The van der Waals surface area contributed by atoms with Crippen LogP contribution >= 0.6 is 24.0 Å². The summed E-state index contributed by atoms with van der Waals surface area (Å²) in [5.41, 5.74) is 0.849. The zero-order chi connectivity index (χ0) is 18.7. The average molecular weight is 412 g/mol. The van der Waals surface area contributed by atoms with Crippen molar-refractivity contribution in [2.45, 2.75) is 39.5 Å². The summed E-state index contributed by atoms with van der Waals surface area (Å²) >= 11 is 6.31. The van der Waals surface area contributed by atoms with Crippen LogP contribution in [0.2, 0.25) is 5.02 Å². The van der Waals surface area contributed by atoms with Crippen molar-refractivity contribution in [2.24, 2.45) is 5.41 Å². The maximum Gasteiger partial charge on any atom is 0.291 e. The SMILES string of the molecule is CC(C)c1nc(C(=O)NCC2(C)CCNCC2)nn1-c1ccccc1Cl.Cl. The predicted molar refractivity (Wildman–Crippen MR) is 110 cm³/mol. The van der Waals surface area contributed by atoms with E-state index in [1.165, 1.54) is 0 Å². The molecule has 0 atom stereocenters. The smallest absolute Gasteiger partial charge is 0.291 e. The van der Waals surface area contributed by atoms with Crippen LogP contribution in [0.25, 0.3) is 5.69 Å². The van der Waals surface area contributed by atoms with Gasteiger partial charge in [-0.15, -0.1) is 17.5 Å². The van der Waals surface area contributed by atoms with E-state index in [9.17, 15) is 4.79 Å². The number of nitrogens with one attached hydrogen (secondary N) is 2. The van der Waals surface area contributed by atoms with Gasteiger partial charge in [0, 0.05) is 12.5 Å². The summed E-state index contributed by atoms with van der Waals surface area (Å²) in [6, 6.07) is 7.44. The Morgan fingerprint density at radius 3 is 2.63 bits per heavy atom. The highest BCUT2D eigenvalue weighted by Gasteiger charge is 2.28. The first-order valence-corrected chi connectivity index (χ1v) is 9.48. The predicted octanol–water partition coefficient (Wildman–Crippen LogP) is 3.59. The molecule has 1 fully saturated rings. The summed E-state index contributed by atoms with van der Waals surface area (Å²) in [7, 11) is 0. The van der Waals surface area contributed by atoms with Gasteiger partial charge in [0.25, 0.3) is 5.91 Å². The number of benzene rings is 1. The number of carbonyl (C=O) groups is 1. The molecule has 0 unspecified atom stereocenters. The second kappa shape index (κ2) is 9.04. The molecule has 6 nitrogen and oxygen atoms in total. The van der Waals surface area contributed by atoms with Crippen LogP contribution in [0.15, 0.2) is 24.3 Å². The van der Waals surface area contributed by atoms with Crippen molar-refractivity contribution < 1.29 is 4.79 Å². The van der Waals surface area contributed by atoms with Gasteiger partial charge in [-0.25, -0.2) is 9.67 Å². The Morgan fingerprint density at radius 1 is 1.33 bits per heavy atom. The molecule has 0 saturated carbocycles. The zero-order valence-electron chi connectivity index (χ0n) is 16.0. The fourth-order valence-corrected chi connectivity index (χ4v) is 3.39. The first-order chi connectivity index (χ1) is 12.4. The highest BCUT2D eigenvalue weighted by molar-refractivity contribution is 6.32. The van der Waals surface area contributed by atoms with Crippen LogP contribution < -0.4 is 10.6 Å². The van der Waals surface area contributed by atoms with Crippen LogP contribution in [0, 0.1) is 5.41 Å². The van der Waals surface area contributed by atoms with Crippen molar-refractivity contribution in [1.82, 2.24) is 25.4 Å². The fourth-order valence-electron chi connectivity index (χ4n) is 3.17. The van der Waals surface area contributed by atoms with Crippen molar-refractivity contribution in [3.8, 4) is 5.69 Å². The molecule has 0 bridgehead atoms. The van der Waals surface area contributed by atoms with Gasteiger partial charge in [0.15, 0.2) is 0 Å². The lowest BCUT2D eigenvalue weighted by atomic mass is 9.81. The van der Waals surface area contributed by atoms with E-state index in [-0.39, 0.29) is 35.5 Å². The molecule has 2 aromatic rings. The second-order valence-corrected chi connectivity index (χ2v) is 7.96. The van der Waals surface area contributed by atoms with E-state index in [2.05, 4.69) is 27.6 Å². The third-order valence-electron chi connectivity index (χ3n) is 4.92. The van der Waals surface area contributed by atoms with Crippen molar-refractivity contribution in [3.05, 3.63) is 40.9 Å². The monoisotopic (exact) mass is 411 g/mol. The highest BCUT2D eigenvalue weighted by atomic mass is 35.5. The summed E-state index contributed by atoms with van der Waals surface area (Å²) in [6.45, 7) is 8.87. The molecule has 0 radical (unpaired) electrons. The van der Waals surface area contributed by atoms with Crippen LogP contribution in [-0.4, -0.2) is 40.3 Å². The Kier molecular flexibility index (Phi) is 7.25. The van der Waals surface area contributed by atoms with Crippen LogP contribution in [0.5, 0.6) is 0 Å². The number of hydrogen-bond donors (Lipinski definition) is 2. The first-order valence-electron chi connectivity index (χ1n) is 9.10. The molecule has 1 aromatic heterocycles. The van der Waals surface area contributed by atoms with E-state index in [0.29, 0.717) is 11.6 Å². The molecule has 1 aliphatic heterocycles. The number of halogens is 2. The summed E-state index contributed by atoms with van der Waals surface area (Å²) in [5, 5.41) is 11.4. The van der Waals surface area contributed by atoms with Crippen LogP contribution in [0.3, 0.4) is 0 Å². The van der Waals surface area contributed by atoms with E-state index in [1.807, 2.05) is 32.0 Å². The minimum atomic E-state index is -0.238. The van der Waals surface area contributed by atoms with Crippen molar-refractivity contribution in [1.29, 1.82) is 0 Å². The lowest BCUT2D eigenvalue weighted by Gasteiger charge is -2.33. The number of amides is 1. The van der Waals surface area contributed by atoms with E-state index >= 15 is 0 Å². The Balaban J connectivity index is 0.00000261. The van der Waals surface area contributed by atoms with E-state index in [1.54, 1.807) is 10.7 Å². The molecule has 8 heteroatoms. The quantitative estimate of drug-likeness (QED) is 0.788. The molecule has 2 N–H and O–H groups in total. The number of nitrogens with zero attached hydrogens (tertiary/aromatic N) is 3. The van der Waals surface area contributed by atoms with Gasteiger partial charge in [0.1, 0.15) is 5.82 Å². The molecule has 1 amide bonds. The summed E-state index contributed by atoms with van der Waals surface area (Å²) in [6.07, 6.45) is 2.10. The maximum absolute atomic E-state index is 12.6. The normalized spacial score (nSPS) is 16.0. The summed E-state index contributed by atoms with van der Waals surface area (Å²) < 4.78 is 1.67. The first kappa shape index (κ1) is 21.7. The second-order valence-electron chi connectivity index (χ2n) is 7.55. The number of carbonyl (C=O) groups excluding carboxylic acids is 1. The van der Waals surface area contributed by atoms with Gasteiger partial charge < -0.3 is 10.6 Å². The van der Waals surface area contributed by atoms with Crippen molar-refractivity contribution in [3.63, 3.8) is 0 Å². The Morgan fingerprint density at radius 2 is 2.00 bits per heavy atom. The Labute approximate surface area is 171 Å². The van der Waals surface area contributed by atoms with Gasteiger partial charge in [-0.3, -0.25) is 4.79 Å². The minimum Gasteiger partial charge on any atom is -0.349 e. The Bertz CT molecular complexity index is 784. The summed E-state index contributed by atoms with van der Waals surface area (Å²) in [4.78, 5) is 17.1. The van der Waals surface area contributed by atoms with Crippen LogP contribution in [-0.2, 0) is 0 Å². The molecule has 0 aliphatic carbocycles. The molecule has 2 heterocycles. The molecule has 3 rings (SSSR count). The summed E-state index contributed by atoms with van der Waals surface area (Å²) in [5.74, 6) is 0.780. The van der Waals surface area contributed by atoms with Crippen LogP contribution in [0.1, 0.15) is 56.0 Å². The van der Waals surface area contributed by atoms with Crippen molar-refractivity contribution in [2.75, 3.05) is 19.6 Å². The van der Waals surface area contributed by atoms with Gasteiger partial charge >= 0.3 is 0 Å². The fraction of sp³-hybridized carbons (Fsp3) is 0.526. The molecule has 1 aliphatic rings. The minimum absolute atomic E-state index is 0. The van der Waals surface area contributed by atoms with Crippen molar-refractivity contribution >= 4 is 29.9 Å². The van der Waals surface area contributed by atoms with Gasteiger partial charge in [0.05, 0.1) is 10.7 Å². The number of piperidine rings is 1. The number of rotatable bonds is 5. The highest BCUT2D eigenvalue weighted by Crippen LogP contribution is 2.27. The number of hydrogen-bond acceptors (Lipinski definition) is 4. The number of aromatic nitrogens is 3. The van der Waals surface area contributed by atoms with E-state index < -0.39 is 0 Å². The standard InChI is InChI=1S/C19H26ClN5O.ClH/c1-13(2)17-23-16(24-25(17)15-7-5-4-6-14(15)20)18(26)22-12-19(3)8-10-21-11-9-19;/h4-7,13,21H,8-12H2,1-3H3,(H,22,26);1H. The van der Waals surface area contributed by atoms with Gasteiger partial charge in [0.2, 0.25) is 5.82 Å². The number of para-hydroxylation sites is 1. The third-order valence-corrected chi connectivity index (χ3v) is 5.24. The molecule has 0 spiro atoms. The molecular weight excluding hydrogens is 385 g/mol. The Hall–Kier alpha value is -1.63. The van der Waals surface area contributed by atoms with Gasteiger partial charge in [-0.05, 0) is 43.5 Å².